The molecule has 0 bridgehead atoms. The minimum absolute atomic E-state index is 0.0432. The van der Waals surface area contributed by atoms with Gasteiger partial charge < -0.3 is 11.1 Å². The van der Waals surface area contributed by atoms with E-state index >= 15 is 0 Å². The summed E-state index contributed by atoms with van der Waals surface area (Å²) in [4.78, 5) is 11.8. The van der Waals surface area contributed by atoms with Crippen molar-refractivity contribution in [3.8, 4) is 0 Å². The van der Waals surface area contributed by atoms with Crippen molar-refractivity contribution in [1.29, 1.82) is 0 Å². The van der Waals surface area contributed by atoms with Gasteiger partial charge in [0.2, 0.25) is 0 Å². The maximum absolute atomic E-state index is 12.2. The highest BCUT2D eigenvalue weighted by molar-refractivity contribution is 5.97. The first-order valence-corrected chi connectivity index (χ1v) is 5.83. The van der Waals surface area contributed by atoms with Crippen molar-refractivity contribution >= 4 is 11.6 Å². The van der Waals surface area contributed by atoms with Crippen LogP contribution >= 0.6 is 0 Å². The first kappa shape index (κ1) is 15.3. The third kappa shape index (κ3) is 4.15. The third-order valence-electron chi connectivity index (χ3n) is 2.54. The molecule has 0 fully saturated rings. The van der Waals surface area contributed by atoms with Crippen molar-refractivity contribution in [1.82, 2.24) is 15.5 Å². The minimum Gasteiger partial charge on any atom is -0.395 e. The molecule has 0 spiro atoms. The molecule has 0 aliphatic heterocycles. The molecule has 0 saturated carbocycles. The predicted molar refractivity (Wildman–Crippen MR) is 64.7 cm³/mol. The average Bonchev–Trinajstić information content (AvgIpc) is 2.56. The monoisotopic (exact) mass is 278 g/mol. The number of H-pyrrole nitrogens is 1. The normalized spacial score (nSPS) is 13.6. The molecular weight excluding hydrogens is 261 g/mol. The second-order valence-electron chi connectivity index (χ2n) is 4.75. The Labute approximate surface area is 108 Å². The lowest BCUT2D eigenvalue weighted by Gasteiger charge is -2.15. The number of carbonyl (C=O) groups excluding carboxylic acids is 1. The zero-order valence-electron chi connectivity index (χ0n) is 10.9. The van der Waals surface area contributed by atoms with Crippen LogP contribution in [0.2, 0.25) is 0 Å². The van der Waals surface area contributed by atoms with Crippen LogP contribution in [-0.4, -0.2) is 28.3 Å². The predicted octanol–water partition coefficient (Wildman–Crippen LogP) is 2.19. The van der Waals surface area contributed by atoms with E-state index < -0.39 is 24.5 Å². The number of alkyl halides is 3. The fourth-order valence-corrected chi connectivity index (χ4v) is 1.67. The summed E-state index contributed by atoms with van der Waals surface area (Å²) in [6.45, 7) is 4.99. The molecule has 1 atom stereocenters. The lowest BCUT2D eigenvalue weighted by atomic mass is 10.1. The maximum atomic E-state index is 12.2. The number of carbonyl (C=O) groups is 1. The zero-order valence-corrected chi connectivity index (χ0v) is 10.9. The fourth-order valence-electron chi connectivity index (χ4n) is 1.67. The molecule has 0 aromatic carbocycles. The largest absolute Gasteiger partial charge is 0.395 e. The molecule has 1 aromatic rings. The Kier molecular flexibility index (Phi) is 4.43. The number of rotatable bonds is 4. The molecule has 8 heteroatoms. The van der Waals surface area contributed by atoms with Crippen molar-refractivity contribution in [2.24, 2.45) is 0 Å². The number of nitrogens with two attached hydrogens (primary N) is 1. The first-order valence-electron chi connectivity index (χ1n) is 5.83. The Morgan fingerprint density at radius 3 is 2.42 bits per heavy atom. The number of aromatic nitrogens is 2. The van der Waals surface area contributed by atoms with Crippen molar-refractivity contribution in [3.63, 3.8) is 0 Å². The number of hydrogen-bond acceptors (Lipinski definition) is 3. The highest BCUT2D eigenvalue weighted by atomic mass is 19.4. The van der Waals surface area contributed by atoms with E-state index in [0.29, 0.717) is 5.69 Å². The van der Waals surface area contributed by atoms with Gasteiger partial charge >= 0.3 is 6.18 Å². The molecule has 1 rings (SSSR count). The molecule has 1 heterocycles. The van der Waals surface area contributed by atoms with Crippen LogP contribution < -0.4 is 11.1 Å². The summed E-state index contributed by atoms with van der Waals surface area (Å²) in [5.41, 5.74) is 6.42. The van der Waals surface area contributed by atoms with E-state index in [1.807, 2.05) is 13.8 Å². The zero-order chi connectivity index (χ0) is 14.8. The van der Waals surface area contributed by atoms with Gasteiger partial charge in [-0.25, -0.2) is 0 Å². The second kappa shape index (κ2) is 5.50. The number of nitrogens with zero attached hydrogens (tertiary/aromatic N) is 1. The van der Waals surface area contributed by atoms with Crippen LogP contribution in [0.15, 0.2) is 0 Å². The molecule has 0 aliphatic rings. The van der Waals surface area contributed by atoms with Crippen LogP contribution in [0.5, 0.6) is 0 Å². The standard InChI is InChI=1S/C11H17F3N4O/c1-5(2)8-7(15)9(18-17-8)10(19)16-6(3)4-11(12,13)14/h5-6H,4,15H2,1-3H3,(H,16,19)(H,17,18). The van der Waals surface area contributed by atoms with Crippen LogP contribution in [0.3, 0.4) is 0 Å². The van der Waals surface area contributed by atoms with E-state index in [0.717, 1.165) is 0 Å². The number of aromatic amines is 1. The van der Waals surface area contributed by atoms with Crippen LogP contribution in [0, 0.1) is 0 Å². The number of halogens is 3. The molecule has 4 N–H and O–H groups in total. The van der Waals surface area contributed by atoms with Gasteiger partial charge in [0.1, 0.15) is 0 Å². The molecule has 1 amide bonds. The summed E-state index contributed by atoms with van der Waals surface area (Å²) < 4.78 is 36.5. The van der Waals surface area contributed by atoms with Crippen molar-refractivity contribution in [3.05, 3.63) is 11.4 Å². The Balaban J connectivity index is 2.74. The van der Waals surface area contributed by atoms with Crippen molar-refractivity contribution in [2.45, 2.75) is 45.3 Å². The van der Waals surface area contributed by atoms with Gasteiger partial charge in [0.15, 0.2) is 5.69 Å². The second-order valence-corrected chi connectivity index (χ2v) is 4.75. The van der Waals surface area contributed by atoms with Gasteiger partial charge in [-0.2, -0.15) is 18.3 Å². The van der Waals surface area contributed by atoms with Crippen LogP contribution in [0.1, 0.15) is 49.3 Å². The molecule has 0 saturated heterocycles. The van der Waals surface area contributed by atoms with Gasteiger partial charge in [0.05, 0.1) is 17.8 Å². The van der Waals surface area contributed by atoms with Crippen LogP contribution in [0.25, 0.3) is 0 Å². The molecule has 1 aromatic heterocycles. The van der Waals surface area contributed by atoms with E-state index in [4.69, 9.17) is 5.73 Å². The topological polar surface area (TPSA) is 83.8 Å². The molecule has 5 nitrogen and oxygen atoms in total. The van der Waals surface area contributed by atoms with Crippen LogP contribution in [0.4, 0.5) is 18.9 Å². The number of amides is 1. The quantitative estimate of drug-likeness (QED) is 0.789. The van der Waals surface area contributed by atoms with Gasteiger partial charge in [-0.15, -0.1) is 0 Å². The Morgan fingerprint density at radius 1 is 1.42 bits per heavy atom. The van der Waals surface area contributed by atoms with Crippen LogP contribution in [-0.2, 0) is 0 Å². The molecule has 0 aliphatic carbocycles. The van der Waals surface area contributed by atoms with Gasteiger partial charge in [0.25, 0.3) is 5.91 Å². The maximum Gasteiger partial charge on any atom is 0.391 e. The molecule has 1 unspecified atom stereocenters. The number of anilines is 1. The Hall–Kier alpha value is -1.73. The van der Waals surface area contributed by atoms with E-state index in [-0.39, 0.29) is 17.3 Å². The lowest BCUT2D eigenvalue weighted by molar-refractivity contribution is -0.138. The van der Waals surface area contributed by atoms with E-state index in [1.54, 1.807) is 0 Å². The van der Waals surface area contributed by atoms with Gasteiger partial charge in [-0.05, 0) is 12.8 Å². The fraction of sp³-hybridized carbons (Fsp3) is 0.636. The minimum atomic E-state index is -4.33. The smallest absolute Gasteiger partial charge is 0.391 e. The Bertz CT molecular complexity index is 453. The highest BCUT2D eigenvalue weighted by Gasteiger charge is 2.31. The molecule has 108 valence electrons. The first-order chi connectivity index (χ1) is 8.61. The van der Waals surface area contributed by atoms with Gasteiger partial charge in [0, 0.05) is 6.04 Å². The summed E-state index contributed by atoms with van der Waals surface area (Å²) in [7, 11) is 0. The summed E-state index contributed by atoms with van der Waals surface area (Å²) in [6, 6.07) is -1.04. The molecular formula is C11H17F3N4O. The summed E-state index contributed by atoms with van der Waals surface area (Å²) in [5.74, 6) is -0.668. The molecule has 0 radical (unpaired) electrons. The summed E-state index contributed by atoms with van der Waals surface area (Å²) in [6.07, 6.45) is -5.42. The SMILES string of the molecule is CC(CC(F)(F)F)NC(=O)c1n[nH]c(C(C)C)c1N. The number of hydrogen-bond donors (Lipinski definition) is 3. The van der Waals surface area contributed by atoms with Crippen molar-refractivity contribution < 1.29 is 18.0 Å². The van der Waals surface area contributed by atoms with E-state index in [9.17, 15) is 18.0 Å². The number of nitrogen functional groups attached to an aromatic ring is 1. The average molecular weight is 278 g/mol. The lowest BCUT2D eigenvalue weighted by Crippen LogP contribution is -2.36. The van der Waals surface area contributed by atoms with Gasteiger partial charge in [-0.1, -0.05) is 13.8 Å². The third-order valence-corrected chi connectivity index (χ3v) is 2.54. The van der Waals surface area contributed by atoms with E-state index in [1.165, 1.54) is 6.92 Å². The summed E-state index contributed by atoms with van der Waals surface area (Å²) >= 11 is 0. The Morgan fingerprint density at radius 2 is 2.00 bits per heavy atom. The van der Waals surface area contributed by atoms with Crippen molar-refractivity contribution in [2.75, 3.05) is 5.73 Å². The summed E-state index contributed by atoms with van der Waals surface area (Å²) in [5, 5.41) is 8.59. The van der Waals surface area contributed by atoms with E-state index in [2.05, 4.69) is 15.5 Å². The molecule has 19 heavy (non-hydrogen) atoms. The number of nitrogens with one attached hydrogen (secondary N) is 2. The highest BCUT2D eigenvalue weighted by Crippen LogP contribution is 2.23. The van der Waals surface area contributed by atoms with Gasteiger partial charge in [-0.3, -0.25) is 9.89 Å².